The molecule has 0 aromatic heterocycles. The van der Waals surface area contributed by atoms with Crippen LogP contribution in [0, 0.1) is 0 Å². The van der Waals surface area contributed by atoms with E-state index in [2.05, 4.69) is 5.32 Å². The Morgan fingerprint density at radius 3 is 2.65 bits per heavy atom. The Morgan fingerprint density at radius 2 is 2.06 bits per heavy atom. The van der Waals surface area contributed by atoms with Gasteiger partial charge in [-0.3, -0.25) is 4.79 Å². The number of aliphatic hydroxyl groups is 1. The number of hydrogen-bond acceptors (Lipinski definition) is 5. The van der Waals surface area contributed by atoms with E-state index < -0.39 is 6.10 Å². The van der Waals surface area contributed by atoms with Gasteiger partial charge in [-0.05, 0) is 17.7 Å². The highest BCUT2D eigenvalue weighted by atomic mass is 16.3. The van der Waals surface area contributed by atoms with Crippen LogP contribution in [0.5, 0.6) is 11.5 Å². The second-order valence-corrected chi connectivity index (χ2v) is 3.61. The number of nitrogens with one attached hydrogen (secondary N) is 1. The molecule has 1 aromatic rings. The van der Waals surface area contributed by atoms with Crippen molar-refractivity contribution < 1.29 is 20.1 Å². The standard InChI is InChI=1S/C11H16N2O4/c12-4-3-11(17)13-6-10(16)7-1-2-8(14)9(15)5-7/h1-2,5,10,14-16H,3-4,6,12H2,(H,13,17). The summed E-state index contributed by atoms with van der Waals surface area (Å²) in [4.78, 5) is 11.1. The fourth-order valence-corrected chi connectivity index (χ4v) is 1.30. The number of phenols is 2. The molecule has 94 valence electrons. The monoisotopic (exact) mass is 240 g/mol. The SMILES string of the molecule is NCCC(=O)NCC(O)c1ccc(O)c(O)c1. The van der Waals surface area contributed by atoms with Crippen molar-refractivity contribution in [1.82, 2.24) is 5.32 Å². The number of hydrogen-bond donors (Lipinski definition) is 5. The summed E-state index contributed by atoms with van der Waals surface area (Å²) in [5.74, 6) is -0.808. The van der Waals surface area contributed by atoms with Gasteiger partial charge in [0.05, 0.1) is 6.10 Å². The number of aliphatic hydroxyl groups excluding tert-OH is 1. The van der Waals surface area contributed by atoms with Gasteiger partial charge in [0.25, 0.3) is 0 Å². The Kier molecular flexibility index (Phi) is 4.74. The van der Waals surface area contributed by atoms with Crippen LogP contribution in [0.3, 0.4) is 0 Å². The van der Waals surface area contributed by atoms with Gasteiger partial charge in [-0.15, -0.1) is 0 Å². The lowest BCUT2D eigenvalue weighted by atomic mass is 10.1. The molecular formula is C11H16N2O4. The molecule has 6 heteroatoms. The third-order valence-corrected chi connectivity index (χ3v) is 2.25. The third-order valence-electron chi connectivity index (χ3n) is 2.25. The van der Waals surface area contributed by atoms with E-state index in [9.17, 15) is 15.0 Å². The minimum absolute atomic E-state index is 0.0308. The molecule has 0 fully saturated rings. The first kappa shape index (κ1) is 13.3. The van der Waals surface area contributed by atoms with Gasteiger partial charge in [0.2, 0.25) is 5.91 Å². The van der Waals surface area contributed by atoms with E-state index in [0.29, 0.717) is 5.56 Å². The molecule has 6 nitrogen and oxygen atoms in total. The molecule has 1 rings (SSSR count). The van der Waals surface area contributed by atoms with Crippen LogP contribution in [0.25, 0.3) is 0 Å². The van der Waals surface area contributed by atoms with E-state index in [1.165, 1.54) is 18.2 Å². The van der Waals surface area contributed by atoms with Crippen LogP contribution in [0.15, 0.2) is 18.2 Å². The molecule has 0 spiro atoms. The van der Waals surface area contributed by atoms with Gasteiger partial charge in [0.1, 0.15) is 0 Å². The molecule has 0 aliphatic rings. The minimum atomic E-state index is -0.941. The molecule has 1 atom stereocenters. The smallest absolute Gasteiger partial charge is 0.221 e. The summed E-state index contributed by atoms with van der Waals surface area (Å²) in [6.45, 7) is 0.283. The Morgan fingerprint density at radius 1 is 1.35 bits per heavy atom. The van der Waals surface area contributed by atoms with Crippen molar-refractivity contribution in [1.29, 1.82) is 0 Å². The highest BCUT2D eigenvalue weighted by molar-refractivity contribution is 5.76. The molecular weight excluding hydrogens is 224 g/mol. The zero-order valence-electron chi connectivity index (χ0n) is 9.26. The number of carbonyl (C=O) groups excluding carboxylic acids is 1. The summed E-state index contributed by atoms with van der Waals surface area (Å²) in [5, 5.41) is 30.6. The largest absolute Gasteiger partial charge is 0.504 e. The van der Waals surface area contributed by atoms with E-state index in [4.69, 9.17) is 10.8 Å². The van der Waals surface area contributed by atoms with Gasteiger partial charge in [0.15, 0.2) is 11.5 Å². The number of amides is 1. The van der Waals surface area contributed by atoms with Crippen LogP contribution >= 0.6 is 0 Å². The quantitative estimate of drug-likeness (QED) is 0.449. The van der Waals surface area contributed by atoms with Crippen molar-refractivity contribution in [3.05, 3.63) is 23.8 Å². The fraction of sp³-hybridized carbons (Fsp3) is 0.364. The summed E-state index contributed by atoms with van der Waals surface area (Å²) in [5.41, 5.74) is 5.61. The molecule has 0 radical (unpaired) electrons. The number of rotatable bonds is 5. The third kappa shape index (κ3) is 3.93. The van der Waals surface area contributed by atoms with Crippen molar-refractivity contribution in [3.63, 3.8) is 0 Å². The van der Waals surface area contributed by atoms with Gasteiger partial charge in [0, 0.05) is 19.5 Å². The lowest BCUT2D eigenvalue weighted by Gasteiger charge is -2.12. The predicted octanol–water partition coefficient (Wildman–Crippen LogP) is -0.404. The summed E-state index contributed by atoms with van der Waals surface area (Å²) in [6, 6.07) is 3.99. The highest BCUT2D eigenvalue weighted by Gasteiger charge is 2.11. The maximum absolute atomic E-state index is 11.1. The predicted molar refractivity (Wildman–Crippen MR) is 61.4 cm³/mol. The zero-order valence-corrected chi connectivity index (χ0v) is 9.26. The summed E-state index contributed by atoms with van der Waals surface area (Å²) >= 11 is 0. The molecule has 0 bridgehead atoms. The lowest BCUT2D eigenvalue weighted by molar-refractivity contribution is -0.121. The average Bonchev–Trinajstić information content (AvgIpc) is 2.30. The number of aromatic hydroxyl groups is 2. The van der Waals surface area contributed by atoms with E-state index in [1.807, 2.05) is 0 Å². The van der Waals surface area contributed by atoms with Crippen molar-refractivity contribution in [2.24, 2.45) is 5.73 Å². The molecule has 0 saturated carbocycles. The lowest BCUT2D eigenvalue weighted by Crippen LogP contribution is -2.29. The van der Waals surface area contributed by atoms with Crippen LogP contribution in [0.4, 0.5) is 0 Å². The van der Waals surface area contributed by atoms with Crippen molar-refractivity contribution in [3.8, 4) is 11.5 Å². The molecule has 1 amide bonds. The number of benzene rings is 1. The first-order chi connectivity index (χ1) is 8.04. The first-order valence-corrected chi connectivity index (χ1v) is 5.21. The average molecular weight is 240 g/mol. The maximum atomic E-state index is 11.1. The molecule has 0 aliphatic heterocycles. The van der Waals surface area contributed by atoms with Gasteiger partial charge in [-0.2, -0.15) is 0 Å². The Labute approximate surface area is 98.7 Å². The molecule has 1 unspecified atom stereocenters. The van der Waals surface area contributed by atoms with Crippen LogP contribution in [-0.2, 0) is 4.79 Å². The van der Waals surface area contributed by atoms with Gasteiger partial charge in [-0.25, -0.2) is 0 Å². The van der Waals surface area contributed by atoms with Crippen molar-refractivity contribution >= 4 is 5.91 Å². The normalized spacial score (nSPS) is 12.1. The molecule has 0 saturated heterocycles. The first-order valence-electron chi connectivity index (χ1n) is 5.21. The maximum Gasteiger partial charge on any atom is 0.221 e. The minimum Gasteiger partial charge on any atom is -0.504 e. The summed E-state index contributed by atoms with van der Waals surface area (Å²) in [7, 11) is 0. The fourth-order valence-electron chi connectivity index (χ4n) is 1.30. The Hall–Kier alpha value is -1.79. The molecule has 17 heavy (non-hydrogen) atoms. The topological polar surface area (TPSA) is 116 Å². The molecule has 6 N–H and O–H groups in total. The van der Waals surface area contributed by atoms with E-state index >= 15 is 0 Å². The number of nitrogens with two attached hydrogens (primary N) is 1. The van der Waals surface area contributed by atoms with Crippen molar-refractivity contribution in [2.75, 3.05) is 13.1 Å². The van der Waals surface area contributed by atoms with E-state index in [0.717, 1.165) is 0 Å². The van der Waals surface area contributed by atoms with E-state index in [-0.39, 0.29) is 36.9 Å². The van der Waals surface area contributed by atoms with Crippen molar-refractivity contribution in [2.45, 2.75) is 12.5 Å². The van der Waals surface area contributed by atoms with Crippen LogP contribution < -0.4 is 11.1 Å². The molecule has 0 aliphatic carbocycles. The molecule has 1 aromatic carbocycles. The second kappa shape index (κ2) is 6.07. The number of phenolic OH excluding ortho intramolecular Hbond substituents is 2. The summed E-state index contributed by atoms with van der Waals surface area (Å²) < 4.78 is 0. The zero-order chi connectivity index (χ0) is 12.8. The summed E-state index contributed by atoms with van der Waals surface area (Å²) in [6.07, 6.45) is -0.740. The van der Waals surface area contributed by atoms with Crippen LogP contribution in [-0.4, -0.2) is 34.3 Å². The van der Waals surface area contributed by atoms with E-state index in [1.54, 1.807) is 0 Å². The molecule has 0 heterocycles. The van der Waals surface area contributed by atoms with Crippen LogP contribution in [0.1, 0.15) is 18.1 Å². The van der Waals surface area contributed by atoms with Crippen LogP contribution in [0.2, 0.25) is 0 Å². The van der Waals surface area contributed by atoms with Gasteiger partial charge >= 0.3 is 0 Å². The second-order valence-electron chi connectivity index (χ2n) is 3.61. The number of carbonyl (C=O) groups is 1. The van der Waals surface area contributed by atoms with Gasteiger partial charge < -0.3 is 26.4 Å². The Balaban J connectivity index is 2.54. The Bertz CT molecular complexity index is 395. The van der Waals surface area contributed by atoms with Gasteiger partial charge in [-0.1, -0.05) is 6.07 Å². The highest BCUT2D eigenvalue weighted by Crippen LogP contribution is 2.27.